The molecule has 0 spiro atoms. The van der Waals surface area contributed by atoms with Crippen LogP contribution in [0.4, 0.5) is 13.2 Å². The Morgan fingerprint density at radius 3 is 2.52 bits per heavy atom. The highest BCUT2D eigenvalue weighted by atomic mass is 32.2. The minimum Gasteiger partial charge on any atom is -0.471 e. The van der Waals surface area contributed by atoms with E-state index in [1.54, 1.807) is 0 Å². The molecule has 0 radical (unpaired) electrons. The van der Waals surface area contributed by atoms with Crippen molar-refractivity contribution in [3.05, 3.63) is 42.4 Å². The van der Waals surface area contributed by atoms with Crippen molar-refractivity contribution >= 4 is 10.0 Å². The number of hydrogen-bond acceptors (Lipinski definition) is 7. The third kappa shape index (κ3) is 5.12. The van der Waals surface area contributed by atoms with E-state index in [1.807, 2.05) is 6.07 Å². The number of hydrogen-bond donors (Lipinski definition) is 0. The SMILES string of the molecule is N#Cc1nccnc1OC1CCCN(S(=O)(=O)c2ccc(OC(F)(F)F)cc2)C1. The molecule has 1 aromatic carbocycles. The number of halogens is 3. The average molecular weight is 428 g/mol. The first kappa shape index (κ1) is 20.8. The van der Waals surface area contributed by atoms with Crippen LogP contribution in [-0.4, -0.2) is 48.2 Å². The highest BCUT2D eigenvalue weighted by Gasteiger charge is 2.33. The van der Waals surface area contributed by atoms with Gasteiger partial charge < -0.3 is 9.47 Å². The van der Waals surface area contributed by atoms with E-state index in [2.05, 4.69) is 14.7 Å². The number of benzene rings is 1. The van der Waals surface area contributed by atoms with Gasteiger partial charge >= 0.3 is 6.36 Å². The molecule has 1 aliphatic heterocycles. The van der Waals surface area contributed by atoms with E-state index < -0.39 is 28.2 Å². The fourth-order valence-electron chi connectivity index (χ4n) is 2.83. The van der Waals surface area contributed by atoms with Crippen LogP contribution in [0.5, 0.6) is 11.6 Å². The summed E-state index contributed by atoms with van der Waals surface area (Å²) >= 11 is 0. The lowest BCUT2D eigenvalue weighted by molar-refractivity contribution is -0.274. The first-order chi connectivity index (χ1) is 13.7. The lowest BCUT2D eigenvalue weighted by atomic mass is 10.1. The monoisotopic (exact) mass is 428 g/mol. The van der Waals surface area contributed by atoms with Crippen LogP contribution in [0.25, 0.3) is 0 Å². The predicted octanol–water partition coefficient (Wildman–Crippen LogP) is 2.48. The molecule has 0 saturated carbocycles. The highest BCUT2D eigenvalue weighted by Crippen LogP contribution is 2.27. The summed E-state index contributed by atoms with van der Waals surface area (Å²) in [7, 11) is -3.95. The molecular weight excluding hydrogens is 413 g/mol. The van der Waals surface area contributed by atoms with Crippen molar-refractivity contribution in [2.45, 2.75) is 30.2 Å². The Morgan fingerprint density at radius 2 is 1.86 bits per heavy atom. The minimum absolute atomic E-state index is 0.00454. The molecule has 1 unspecified atom stereocenters. The molecule has 0 bridgehead atoms. The maximum absolute atomic E-state index is 12.8. The van der Waals surface area contributed by atoms with Gasteiger partial charge in [-0.1, -0.05) is 0 Å². The molecule has 29 heavy (non-hydrogen) atoms. The van der Waals surface area contributed by atoms with Crippen molar-refractivity contribution in [3.8, 4) is 17.7 Å². The van der Waals surface area contributed by atoms with Crippen LogP contribution in [0.15, 0.2) is 41.6 Å². The predicted molar refractivity (Wildman–Crippen MR) is 92.3 cm³/mol. The van der Waals surface area contributed by atoms with Crippen LogP contribution < -0.4 is 9.47 Å². The molecule has 2 aromatic rings. The van der Waals surface area contributed by atoms with Gasteiger partial charge in [-0.15, -0.1) is 13.2 Å². The van der Waals surface area contributed by atoms with Crippen LogP contribution in [0.1, 0.15) is 18.5 Å². The van der Waals surface area contributed by atoms with Crippen molar-refractivity contribution < 1.29 is 31.1 Å². The molecule has 1 aromatic heterocycles. The minimum atomic E-state index is -4.86. The zero-order chi connectivity index (χ0) is 21.1. The molecule has 8 nitrogen and oxygen atoms in total. The second kappa shape index (κ2) is 8.22. The van der Waals surface area contributed by atoms with Crippen LogP contribution in [0, 0.1) is 11.3 Å². The lowest BCUT2D eigenvalue weighted by Crippen LogP contribution is -2.44. The number of ether oxygens (including phenoxy) is 2. The van der Waals surface area contributed by atoms with E-state index in [9.17, 15) is 21.6 Å². The summed E-state index contributed by atoms with van der Waals surface area (Å²) in [5, 5.41) is 9.05. The number of nitrogens with zero attached hydrogens (tertiary/aromatic N) is 4. The van der Waals surface area contributed by atoms with E-state index >= 15 is 0 Å². The van der Waals surface area contributed by atoms with Crippen LogP contribution in [0.3, 0.4) is 0 Å². The Kier molecular flexibility index (Phi) is 5.90. The number of rotatable bonds is 5. The van der Waals surface area contributed by atoms with Gasteiger partial charge in [0.1, 0.15) is 17.9 Å². The average Bonchev–Trinajstić information content (AvgIpc) is 2.68. The lowest BCUT2D eigenvalue weighted by Gasteiger charge is -2.31. The Hall–Kier alpha value is -2.91. The second-order valence-electron chi connectivity index (χ2n) is 6.09. The molecule has 12 heteroatoms. The third-order valence-corrected chi connectivity index (χ3v) is 5.96. The smallest absolute Gasteiger partial charge is 0.471 e. The standard InChI is InChI=1S/C17H15F3N4O4S/c18-17(19,20)28-12-3-5-14(6-4-12)29(25,26)24-9-1-2-13(11-24)27-16-15(10-21)22-7-8-23-16/h3-8,13H,1-2,9,11H2. The number of alkyl halides is 3. The van der Waals surface area contributed by atoms with E-state index in [-0.39, 0.29) is 29.6 Å². The van der Waals surface area contributed by atoms with Crippen LogP contribution in [-0.2, 0) is 10.0 Å². The van der Waals surface area contributed by atoms with Gasteiger partial charge in [-0.2, -0.15) is 9.57 Å². The van der Waals surface area contributed by atoms with Crippen molar-refractivity contribution in [2.75, 3.05) is 13.1 Å². The number of nitriles is 1. The molecule has 154 valence electrons. The first-order valence-electron chi connectivity index (χ1n) is 8.43. The molecule has 1 saturated heterocycles. The number of piperidine rings is 1. The molecule has 0 aliphatic carbocycles. The fraction of sp³-hybridized carbons (Fsp3) is 0.353. The second-order valence-corrected chi connectivity index (χ2v) is 8.02. The van der Waals surface area contributed by atoms with E-state index in [0.29, 0.717) is 12.8 Å². The van der Waals surface area contributed by atoms with Gasteiger partial charge in [0.2, 0.25) is 15.7 Å². The molecule has 0 N–H and O–H groups in total. The molecule has 2 heterocycles. The summed E-state index contributed by atoms with van der Waals surface area (Å²) in [5.74, 6) is -0.490. The molecular formula is C17H15F3N4O4S. The molecule has 0 amide bonds. The number of sulfonamides is 1. The Balaban J connectivity index is 1.73. The molecule has 1 fully saturated rings. The van der Waals surface area contributed by atoms with Crippen molar-refractivity contribution in [1.82, 2.24) is 14.3 Å². The summed E-state index contributed by atoms with van der Waals surface area (Å²) in [6.45, 7) is 0.235. The highest BCUT2D eigenvalue weighted by molar-refractivity contribution is 7.89. The fourth-order valence-corrected chi connectivity index (χ4v) is 4.34. The zero-order valence-electron chi connectivity index (χ0n) is 14.8. The van der Waals surface area contributed by atoms with Crippen LogP contribution >= 0.6 is 0 Å². The maximum atomic E-state index is 12.8. The van der Waals surface area contributed by atoms with Crippen molar-refractivity contribution in [1.29, 1.82) is 5.26 Å². The van der Waals surface area contributed by atoms with Gasteiger partial charge in [0.25, 0.3) is 5.88 Å². The Morgan fingerprint density at radius 1 is 1.17 bits per heavy atom. The largest absolute Gasteiger partial charge is 0.573 e. The summed E-state index contributed by atoms with van der Waals surface area (Å²) in [6.07, 6.45) is -1.66. The van der Waals surface area contributed by atoms with Gasteiger partial charge in [0, 0.05) is 18.9 Å². The van der Waals surface area contributed by atoms with Crippen LogP contribution in [0.2, 0.25) is 0 Å². The van der Waals surface area contributed by atoms with Crippen molar-refractivity contribution in [2.24, 2.45) is 0 Å². The first-order valence-corrected chi connectivity index (χ1v) is 9.87. The Labute approximate surface area is 164 Å². The number of aromatic nitrogens is 2. The van der Waals surface area contributed by atoms with Crippen molar-refractivity contribution in [3.63, 3.8) is 0 Å². The molecule has 3 rings (SSSR count). The van der Waals surface area contributed by atoms with Gasteiger partial charge in [-0.3, -0.25) is 0 Å². The molecule has 1 aliphatic rings. The zero-order valence-corrected chi connectivity index (χ0v) is 15.7. The molecule has 1 atom stereocenters. The van der Waals surface area contributed by atoms with E-state index in [4.69, 9.17) is 10.00 Å². The maximum Gasteiger partial charge on any atom is 0.573 e. The van der Waals surface area contributed by atoms with Gasteiger partial charge in [0.15, 0.2) is 0 Å². The summed E-state index contributed by atoms with van der Waals surface area (Å²) in [4.78, 5) is 7.62. The van der Waals surface area contributed by atoms with E-state index in [1.165, 1.54) is 16.7 Å². The normalized spacial score (nSPS) is 18.1. The van der Waals surface area contributed by atoms with E-state index in [0.717, 1.165) is 24.3 Å². The Bertz CT molecular complexity index is 1010. The topological polar surface area (TPSA) is 105 Å². The summed E-state index contributed by atoms with van der Waals surface area (Å²) < 4.78 is 73.0. The quantitative estimate of drug-likeness (QED) is 0.720. The summed E-state index contributed by atoms with van der Waals surface area (Å²) in [6, 6.07) is 5.84. The van der Waals surface area contributed by atoms with Gasteiger partial charge in [-0.25, -0.2) is 18.4 Å². The third-order valence-electron chi connectivity index (χ3n) is 4.08. The van der Waals surface area contributed by atoms with Gasteiger partial charge in [0.05, 0.1) is 11.4 Å². The van der Waals surface area contributed by atoms with Gasteiger partial charge in [-0.05, 0) is 37.1 Å². The summed E-state index contributed by atoms with van der Waals surface area (Å²) in [5.41, 5.74) is -0.00673.